The van der Waals surface area contributed by atoms with E-state index in [1.807, 2.05) is 0 Å². The first-order valence-electron chi connectivity index (χ1n) is 5.16. The topological polar surface area (TPSA) is 52.0 Å². The molecule has 0 bridgehead atoms. The quantitative estimate of drug-likeness (QED) is 0.784. The van der Waals surface area contributed by atoms with Crippen LogP contribution in [0, 0.1) is 0 Å². The van der Waals surface area contributed by atoms with Crippen LogP contribution in [0.25, 0.3) is 0 Å². The summed E-state index contributed by atoms with van der Waals surface area (Å²) in [4.78, 5) is 0. The fraction of sp³-hybridized carbons (Fsp3) is 0.667. The van der Waals surface area contributed by atoms with Crippen molar-refractivity contribution in [2.45, 2.75) is 42.7 Å². The monoisotopic (exact) mass is 284 g/mol. The second-order valence-electron chi connectivity index (χ2n) is 4.16. The van der Waals surface area contributed by atoms with E-state index in [9.17, 15) is 17.2 Å². The van der Waals surface area contributed by atoms with Crippen molar-refractivity contribution < 1.29 is 17.2 Å². The molecule has 0 amide bonds. The van der Waals surface area contributed by atoms with Crippen molar-refractivity contribution in [2.75, 3.05) is 0 Å². The third-order valence-corrected chi connectivity index (χ3v) is 4.14. The second-order valence-corrected chi connectivity index (χ2v) is 6.67. The van der Waals surface area contributed by atoms with E-state index < -0.39 is 27.4 Å². The first kappa shape index (κ1) is 12.8. The summed E-state index contributed by atoms with van der Waals surface area (Å²) in [6.45, 7) is 0. The van der Waals surface area contributed by atoms with Crippen LogP contribution in [0.3, 0.4) is 0 Å². The maximum atomic E-state index is 13.3. The molecule has 1 fully saturated rings. The van der Waals surface area contributed by atoms with Gasteiger partial charge in [0, 0.05) is 23.5 Å². The SMILES string of the molecule is O=S(=O)(Cl)c1ccnn1C1CCCC(F)(F)C1. The molecule has 1 aliphatic carbocycles. The molecule has 1 heterocycles. The van der Waals surface area contributed by atoms with Gasteiger partial charge >= 0.3 is 0 Å². The zero-order chi connectivity index (χ0) is 12.7. The van der Waals surface area contributed by atoms with Gasteiger partial charge in [-0.3, -0.25) is 0 Å². The van der Waals surface area contributed by atoms with Crippen molar-refractivity contribution in [1.82, 2.24) is 9.78 Å². The lowest BCUT2D eigenvalue weighted by molar-refractivity contribution is -0.0524. The van der Waals surface area contributed by atoms with E-state index in [1.54, 1.807) is 0 Å². The number of alkyl halides is 2. The Hall–Kier alpha value is -0.690. The highest BCUT2D eigenvalue weighted by atomic mass is 35.7. The molecule has 4 nitrogen and oxygen atoms in total. The maximum Gasteiger partial charge on any atom is 0.278 e. The number of hydrogen-bond donors (Lipinski definition) is 0. The van der Waals surface area contributed by atoms with Gasteiger partial charge in [0.15, 0.2) is 5.03 Å². The number of hydrogen-bond acceptors (Lipinski definition) is 3. The maximum absolute atomic E-state index is 13.3. The van der Waals surface area contributed by atoms with E-state index in [2.05, 4.69) is 5.10 Å². The van der Waals surface area contributed by atoms with Gasteiger partial charge in [-0.25, -0.2) is 21.9 Å². The lowest BCUT2D eigenvalue weighted by atomic mass is 9.92. The molecule has 96 valence electrons. The predicted molar refractivity (Wildman–Crippen MR) is 57.7 cm³/mol. The average Bonchev–Trinajstić information content (AvgIpc) is 2.63. The van der Waals surface area contributed by atoms with Gasteiger partial charge < -0.3 is 0 Å². The summed E-state index contributed by atoms with van der Waals surface area (Å²) in [7, 11) is 1.27. The van der Waals surface area contributed by atoms with Crippen LogP contribution in [0.15, 0.2) is 17.3 Å². The molecule has 0 saturated heterocycles. The van der Waals surface area contributed by atoms with Gasteiger partial charge in [-0.15, -0.1) is 0 Å². The molecule has 0 aromatic carbocycles. The molecule has 1 aromatic heterocycles. The van der Waals surface area contributed by atoms with Gasteiger partial charge in [0.05, 0.1) is 12.2 Å². The Balaban J connectivity index is 2.32. The largest absolute Gasteiger partial charge is 0.278 e. The second kappa shape index (κ2) is 4.20. The van der Waals surface area contributed by atoms with Gasteiger partial charge in [-0.05, 0) is 18.9 Å². The zero-order valence-electron chi connectivity index (χ0n) is 8.81. The van der Waals surface area contributed by atoms with Gasteiger partial charge in [0.2, 0.25) is 5.92 Å². The van der Waals surface area contributed by atoms with E-state index >= 15 is 0 Å². The summed E-state index contributed by atoms with van der Waals surface area (Å²) in [5.41, 5.74) is 0. The molecular weight excluding hydrogens is 274 g/mol. The van der Waals surface area contributed by atoms with Crippen molar-refractivity contribution in [3.05, 3.63) is 12.3 Å². The van der Waals surface area contributed by atoms with E-state index in [1.165, 1.54) is 12.3 Å². The van der Waals surface area contributed by atoms with Gasteiger partial charge in [-0.1, -0.05) is 0 Å². The lowest BCUT2D eigenvalue weighted by Gasteiger charge is -2.29. The minimum Gasteiger partial charge on any atom is -0.250 e. The number of aromatic nitrogens is 2. The molecule has 0 spiro atoms. The summed E-state index contributed by atoms with van der Waals surface area (Å²) in [5.74, 6) is -2.76. The molecule has 1 aliphatic rings. The van der Waals surface area contributed by atoms with Crippen molar-refractivity contribution in [1.29, 1.82) is 0 Å². The van der Waals surface area contributed by atoms with Crippen LogP contribution in [0.5, 0.6) is 0 Å². The van der Waals surface area contributed by atoms with Crippen molar-refractivity contribution in [3.8, 4) is 0 Å². The third kappa shape index (κ3) is 2.77. The molecule has 8 heteroatoms. The minimum atomic E-state index is -3.95. The molecule has 0 aliphatic heterocycles. The Morgan fingerprint density at radius 3 is 2.82 bits per heavy atom. The average molecular weight is 285 g/mol. The van der Waals surface area contributed by atoms with E-state index in [0.29, 0.717) is 12.8 Å². The molecule has 0 radical (unpaired) electrons. The van der Waals surface area contributed by atoms with Crippen LogP contribution in [-0.2, 0) is 9.05 Å². The predicted octanol–water partition coefficient (Wildman–Crippen LogP) is 2.56. The molecule has 1 unspecified atom stereocenters. The smallest absolute Gasteiger partial charge is 0.250 e. The standard InChI is InChI=1S/C9H11ClF2N2O2S/c10-17(15,16)8-3-5-13-14(8)7-2-1-4-9(11,12)6-7/h3,5,7H,1-2,4,6H2. The number of nitrogens with zero attached hydrogens (tertiary/aromatic N) is 2. The summed E-state index contributed by atoms with van der Waals surface area (Å²) >= 11 is 0. The van der Waals surface area contributed by atoms with Crippen molar-refractivity contribution in [3.63, 3.8) is 0 Å². The highest BCUT2D eigenvalue weighted by Crippen LogP contribution is 2.39. The zero-order valence-corrected chi connectivity index (χ0v) is 10.4. The summed E-state index contributed by atoms with van der Waals surface area (Å²) in [6.07, 6.45) is 1.53. The summed E-state index contributed by atoms with van der Waals surface area (Å²) < 4.78 is 50.1. The molecule has 1 saturated carbocycles. The Morgan fingerprint density at radius 2 is 2.24 bits per heavy atom. The first-order chi connectivity index (χ1) is 7.80. The minimum absolute atomic E-state index is 0.159. The van der Waals surface area contributed by atoms with Gasteiger partial charge in [-0.2, -0.15) is 5.10 Å². The van der Waals surface area contributed by atoms with Crippen molar-refractivity contribution in [2.24, 2.45) is 0 Å². The van der Waals surface area contributed by atoms with Crippen LogP contribution in [0.2, 0.25) is 0 Å². The Morgan fingerprint density at radius 1 is 1.53 bits per heavy atom. The fourth-order valence-corrected chi connectivity index (χ4v) is 3.13. The fourth-order valence-electron chi connectivity index (χ4n) is 2.12. The molecule has 1 aromatic rings. The van der Waals surface area contributed by atoms with Crippen LogP contribution in [0.4, 0.5) is 8.78 Å². The van der Waals surface area contributed by atoms with Crippen LogP contribution in [-0.4, -0.2) is 24.1 Å². The van der Waals surface area contributed by atoms with Crippen LogP contribution >= 0.6 is 10.7 Å². The third-order valence-electron chi connectivity index (χ3n) is 2.84. The molecule has 1 atom stereocenters. The van der Waals surface area contributed by atoms with Gasteiger partial charge in [0.25, 0.3) is 9.05 Å². The molecule has 17 heavy (non-hydrogen) atoms. The summed E-state index contributed by atoms with van der Waals surface area (Å²) in [6, 6.07) is 0.604. The molecular formula is C9H11ClF2N2O2S. The van der Waals surface area contributed by atoms with Crippen molar-refractivity contribution >= 4 is 19.7 Å². The number of rotatable bonds is 2. The summed E-state index contributed by atoms with van der Waals surface area (Å²) in [5, 5.41) is 3.57. The Labute approximate surface area is 102 Å². The lowest BCUT2D eigenvalue weighted by Crippen LogP contribution is -2.29. The highest BCUT2D eigenvalue weighted by molar-refractivity contribution is 8.13. The first-order valence-corrected chi connectivity index (χ1v) is 7.46. The highest BCUT2D eigenvalue weighted by Gasteiger charge is 2.38. The number of halogens is 3. The van der Waals surface area contributed by atoms with E-state index in [-0.39, 0.29) is 11.4 Å². The Kier molecular flexibility index (Phi) is 3.15. The Bertz CT molecular complexity index is 515. The van der Waals surface area contributed by atoms with E-state index in [4.69, 9.17) is 10.7 Å². The van der Waals surface area contributed by atoms with Crippen LogP contribution < -0.4 is 0 Å². The normalized spacial score (nSPS) is 24.8. The van der Waals surface area contributed by atoms with Crippen LogP contribution in [0.1, 0.15) is 31.7 Å². The van der Waals surface area contributed by atoms with Gasteiger partial charge in [0.1, 0.15) is 0 Å². The van der Waals surface area contributed by atoms with E-state index in [0.717, 1.165) is 4.68 Å². The molecule has 0 N–H and O–H groups in total. The molecule has 2 rings (SSSR count).